The van der Waals surface area contributed by atoms with E-state index in [1.807, 2.05) is 49.5 Å². The van der Waals surface area contributed by atoms with Crippen LogP contribution in [0, 0.1) is 11.8 Å². The van der Waals surface area contributed by atoms with Gasteiger partial charge >= 0.3 is 0 Å². The van der Waals surface area contributed by atoms with Crippen molar-refractivity contribution in [2.24, 2.45) is 11.8 Å². The number of nitrogens with zero attached hydrogens (tertiary/aromatic N) is 1. The van der Waals surface area contributed by atoms with Gasteiger partial charge in [0.25, 0.3) is 0 Å². The molecule has 0 bridgehead atoms. The number of rotatable bonds is 6. The minimum absolute atomic E-state index is 0.00607. The number of carbonyl (C=O) groups excluding carboxylic acids is 2. The number of benzene rings is 1. The third-order valence-corrected chi connectivity index (χ3v) is 5.10. The Kier molecular flexibility index (Phi) is 6.10. The molecule has 1 heterocycles. The van der Waals surface area contributed by atoms with Gasteiger partial charge in [0, 0.05) is 25.4 Å². The molecule has 1 N–H and O–H groups in total. The summed E-state index contributed by atoms with van der Waals surface area (Å²) in [5, 5.41) is 2.93. The summed E-state index contributed by atoms with van der Waals surface area (Å²) in [5.74, 6) is 1.02. The lowest BCUT2D eigenvalue weighted by atomic mass is 9.81. The van der Waals surface area contributed by atoms with Gasteiger partial charge in [0.1, 0.15) is 5.76 Å². The van der Waals surface area contributed by atoms with Gasteiger partial charge < -0.3 is 14.6 Å². The molecule has 26 heavy (non-hydrogen) atoms. The molecule has 1 saturated carbocycles. The molecule has 0 saturated heterocycles. The molecular weight excluding hydrogens is 328 g/mol. The second-order valence-electron chi connectivity index (χ2n) is 7.03. The van der Waals surface area contributed by atoms with Crippen molar-refractivity contribution in [1.82, 2.24) is 10.2 Å². The first-order valence-corrected chi connectivity index (χ1v) is 9.22. The van der Waals surface area contributed by atoms with Crippen LogP contribution in [-0.4, -0.2) is 23.8 Å². The van der Waals surface area contributed by atoms with Crippen molar-refractivity contribution in [3.8, 4) is 0 Å². The van der Waals surface area contributed by atoms with Gasteiger partial charge in [0.2, 0.25) is 11.8 Å². The largest absolute Gasteiger partial charge is 0.467 e. The molecule has 0 aliphatic heterocycles. The summed E-state index contributed by atoms with van der Waals surface area (Å²) in [7, 11) is 1.86. The average molecular weight is 354 g/mol. The first kappa shape index (κ1) is 18.2. The molecule has 2 amide bonds. The lowest BCUT2D eigenvalue weighted by Crippen LogP contribution is -2.38. The average Bonchev–Trinajstić information content (AvgIpc) is 3.20. The van der Waals surface area contributed by atoms with Gasteiger partial charge in [0.15, 0.2) is 0 Å². The van der Waals surface area contributed by atoms with Gasteiger partial charge in [0.05, 0.1) is 12.8 Å². The molecule has 1 aromatic heterocycles. The van der Waals surface area contributed by atoms with E-state index >= 15 is 0 Å². The van der Waals surface area contributed by atoms with Gasteiger partial charge in [-0.15, -0.1) is 0 Å². The highest BCUT2D eigenvalue weighted by Crippen LogP contribution is 2.30. The van der Waals surface area contributed by atoms with Crippen LogP contribution in [0.4, 0.5) is 0 Å². The molecule has 0 unspecified atom stereocenters. The minimum atomic E-state index is -0.00607. The minimum Gasteiger partial charge on any atom is -0.467 e. The van der Waals surface area contributed by atoms with Crippen molar-refractivity contribution in [1.29, 1.82) is 0 Å². The predicted octanol–water partition coefficient (Wildman–Crippen LogP) is 3.36. The van der Waals surface area contributed by atoms with E-state index in [0.29, 0.717) is 13.1 Å². The lowest BCUT2D eigenvalue weighted by Gasteiger charge is -2.30. The molecule has 3 rings (SSSR count). The number of carbonyl (C=O) groups is 2. The second-order valence-corrected chi connectivity index (χ2v) is 7.03. The maximum Gasteiger partial charge on any atom is 0.225 e. The summed E-state index contributed by atoms with van der Waals surface area (Å²) < 4.78 is 5.23. The standard InChI is InChI=1S/C21H26N2O3/c1-23(15-16-6-3-2-4-7-16)21(25)18-11-9-17(10-12-18)20(24)22-14-19-8-5-13-26-19/h2-8,13,17-18H,9-12,14-15H2,1H3,(H,22,24). The summed E-state index contributed by atoms with van der Waals surface area (Å²) in [6.45, 7) is 1.05. The topological polar surface area (TPSA) is 62.6 Å². The maximum absolute atomic E-state index is 12.7. The van der Waals surface area contributed by atoms with Gasteiger partial charge in [-0.05, 0) is 43.4 Å². The Balaban J connectivity index is 1.43. The lowest BCUT2D eigenvalue weighted by molar-refractivity contribution is -0.137. The van der Waals surface area contributed by atoms with Crippen LogP contribution in [0.2, 0.25) is 0 Å². The van der Waals surface area contributed by atoms with E-state index < -0.39 is 0 Å². The molecule has 0 spiro atoms. The smallest absolute Gasteiger partial charge is 0.225 e. The molecule has 5 nitrogen and oxygen atoms in total. The quantitative estimate of drug-likeness (QED) is 0.865. The molecule has 2 aromatic rings. The highest BCUT2D eigenvalue weighted by atomic mass is 16.3. The predicted molar refractivity (Wildman–Crippen MR) is 98.9 cm³/mol. The third kappa shape index (κ3) is 4.75. The van der Waals surface area contributed by atoms with Gasteiger partial charge in [-0.3, -0.25) is 9.59 Å². The van der Waals surface area contributed by atoms with Crippen molar-refractivity contribution in [2.75, 3.05) is 7.05 Å². The Bertz CT molecular complexity index is 704. The molecule has 0 atom stereocenters. The van der Waals surface area contributed by atoms with E-state index in [9.17, 15) is 9.59 Å². The highest BCUT2D eigenvalue weighted by molar-refractivity contribution is 5.81. The molecule has 1 aliphatic carbocycles. The summed E-state index contributed by atoms with van der Waals surface area (Å²) in [6.07, 6.45) is 4.68. The first-order valence-electron chi connectivity index (χ1n) is 9.22. The van der Waals surface area contributed by atoms with Crippen molar-refractivity contribution in [3.05, 3.63) is 60.1 Å². The van der Waals surface area contributed by atoms with Crippen molar-refractivity contribution in [2.45, 2.75) is 38.8 Å². The Morgan fingerprint density at radius 1 is 1.04 bits per heavy atom. The highest BCUT2D eigenvalue weighted by Gasteiger charge is 2.31. The Labute approximate surface area is 154 Å². The van der Waals surface area contributed by atoms with Gasteiger partial charge in [-0.25, -0.2) is 0 Å². The maximum atomic E-state index is 12.7. The summed E-state index contributed by atoms with van der Waals surface area (Å²) >= 11 is 0. The number of nitrogens with one attached hydrogen (secondary N) is 1. The van der Waals surface area contributed by atoms with Gasteiger partial charge in [-0.1, -0.05) is 30.3 Å². The van der Waals surface area contributed by atoms with E-state index in [-0.39, 0.29) is 23.7 Å². The summed E-state index contributed by atoms with van der Waals surface area (Å²) in [5.41, 5.74) is 1.13. The molecule has 1 fully saturated rings. The van der Waals surface area contributed by atoms with Crippen molar-refractivity contribution in [3.63, 3.8) is 0 Å². The third-order valence-electron chi connectivity index (χ3n) is 5.10. The molecule has 0 radical (unpaired) electrons. The SMILES string of the molecule is CN(Cc1ccccc1)C(=O)C1CCC(C(=O)NCc2ccco2)CC1. The molecule has 138 valence electrons. The summed E-state index contributed by atoms with van der Waals surface area (Å²) in [6, 6.07) is 13.7. The van der Waals surface area contributed by atoms with E-state index in [0.717, 1.165) is 37.0 Å². The number of furan rings is 1. The van der Waals surface area contributed by atoms with E-state index in [1.54, 1.807) is 11.2 Å². The fourth-order valence-electron chi connectivity index (χ4n) is 3.58. The number of hydrogen-bond acceptors (Lipinski definition) is 3. The fraction of sp³-hybridized carbons (Fsp3) is 0.429. The van der Waals surface area contributed by atoms with Crippen molar-refractivity contribution >= 4 is 11.8 Å². The van der Waals surface area contributed by atoms with E-state index in [2.05, 4.69) is 5.32 Å². The van der Waals surface area contributed by atoms with E-state index in [1.165, 1.54) is 0 Å². The zero-order chi connectivity index (χ0) is 18.4. The van der Waals surface area contributed by atoms with Crippen LogP contribution < -0.4 is 5.32 Å². The number of amides is 2. The fourth-order valence-corrected chi connectivity index (χ4v) is 3.58. The van der Waals surface area contributed by atoms with Gasteiger partial charge in [-0.2, -0.15) is 0 Å². The van der Waals surface area contributed by atoms with E-state index in [4.69, 9.17) is 4.42 Å². The number of hydrogen-bond donors (Lipinski definition) is 1. The molecular formula is C21H26N2O3. The second kappa shape index (κ2) is 8.70. The van der Waals surface area contributed by atoms with Crippen LogP contribution in [0.25, 0.3) is 0 Å². The Morgan fingerprint density at radius 3 is 2.38 bits per heavy atom. The zero-order valence-corrected chi connectivity index (χ0v) is 15.2. The van der Waals surface area contributed by atoms with Crippen LogP contribution in [0.15, 0.2) is 53.1 Å². The monoisotopic (exact) mass is 354 g/mol. The summed E-state index contributed by atoms with van der Waals surface area (Å²) in [4.78, 5) is 26.8. The Morgan fingerprint density at radius 2 is 1.73 bits per heavy atom. The Hall–Kier alpha value is -2.56. The molecule has 1 aromatic carbocycles. The van der Waals surface area contributed by atoms with Crippen LogP contribution in [0.3, 0.4) is 0 Å². The first-order chi connectivity index (χ1) is 12.6. The normalized spacial score (nSPS) is 19.7. The van der Waals surface area contributed by atoms with Crippen LogP contribution in [-0.2, 0) is 22.7 Å². The van der Waals surface area contributed by atoms with Crippen LogP contribution in [0.5, 0.6) is 0 Å². The molecule has 1 aliphatic rings. The zero-order valence-electron chi connectivity index (χ0n) is 15.2. The van der Waals surface area contributed by atoms with Crippen LogP contribution >= 0.6 is 0 Å². The van der Waals surface area contributed by atoms with Crippen molar-refractivity contribution < 1.29 is 14.0 Å². The van der Waals surface area contributed by atoms with Crippen LogP contribution in [0.1, 0.15) is 37.0 Å². The molecule has 5 heteroatoms.